The van der Waals surface area contributed by atoms with Crippen molar-refractivity contribution < 1.29 is 9.53 Å². The van der Waals surface area contributed by atoms with Crippen LogP contribution in [0.1, 0.15) is 13.8 Å². The lowest BCUT2D eigenvalue weighted by atomic mass is 10.1. The Balaban J connectivity index is 4.06. The summed E-state index contributed by atoms with van der Waals surface area (Å²) in [4.78, 5) is 11.1. The second-order valence-corrected chi connectivity index (χ2v) is 2.83. The highest BCUT2D eigenvalue weighted by Crippen LogP contribution is 2.02. The molecule has 0 saturated carbocycles. The van der Waals surface area contributed by atoms with Crippen LogP contribution in [-0.4, -0.2) is 25.7 Å². The first-order chi connectivity index (χ1) is 5.63. The number of terminal acetylenes is 1. The van der Waals surface area contributed by atoms with Gasteiger partial charge in [-0.15, -0.1) is 6.42 Å². The molecule has 0 spiro atoms. The van der Waals surface area contributed by atoms with Gasteiger partial charge in [0.05, 0.1) is 13.7 Å². The average molecular weight is 169 g/mol. The Hall–Kier alpha value is -1.01. The number of esters is 1. The molecule has 0 unspecified atom stereocenters. The van der Waals surface area contributed by atoms with Gasteiger partial charge in [0.15, 0.2) is 0 Å². The minimum atomic E-state index is -0.300. The second-order valence-electron chi connectivity index (χ2n) is 2.83. The molecule has 0 fully saturated rings. The van der Waals surface area contributed by atoms with Gasteiger partial charge in [-0.2, -0.15) is 0 Å². The third-order valence-corrected chi connectivity index (χ3v) is 1.55. The van der Waals surface area contributed by atoms with Crippen molar-refractivity contribution in [2.45, 2.75) is 19.9 Å². The van der Waals surface area contributed by atoms with E-state index in [1.165, 1.54) is 7.11 Å². The summed E-state index contributed by atoms with van der Waals surface area (Å²) in [5, 5.41) is 2.91. The van der Waals surface area contributed by atoms with Crippen LogP contribution in [0, 0.1) is 18.3 Å². The molecule has 68 valence electrons. The number of nitrogens with one attached hydrogen (secondary N) is 1. The lowest BCUT2D eigenvalue weighted by molar-refractivity contribution is -0.144. The van der Waals surface area contributed by atoms with Crippen LogP contribution in [0.5, 0.6) is 0 Å². The maximum atomic E-state index is 11.1. The minimum absolute atomic E-state index is 0.186. The summed E-state index contributed by atoms with van der Waals surface area (Å²) >= 11 is 0. The van der Waals surface area contributed by atoms with Gasteiger partial charge in [0.1, 0.15) is 6.04 Å². The Morgan fingerprint density at radius 1 is 1.67 bits per heavy atom. The number of ether oxygens (including phenoxy) is 1. The molecule has 0 aliphatic carbocycles. The Labute approximate surface area is 73.5 Å². The van der Waals surface area contributed by atoms with Crippen molar-refractivity contribution in [1.82, 2.24) is 5.32 Å². The zero-order valence-electron chi connectivity index (χ0n) is 7.76. The number of carbonyl (C=O) groups excluding carboxylic acids is 1. The summed E-state index contributed by atoms with van der Waals surface area (Å²) < 4.78 is 4.60. The predicted octanol–water partition coefficient (Wildman–Crippen LogP) is 0.407. The smallest absolute Gasteiger partial charge is 0.323 e. The number of carbonyl (C=O) groups is 1. The molecule has 3 heteroatoms. The Morgan fingerprint density at radius 2 is 2.25 bits per heavy atom. The Bertz CT molecular complexity index is 181. The lowest BCUT2D eigenvalue weighted by Gasteiger charge is -2.18. The van der Waals surface area contributed by atoms with Gasteiger partial charge in [-0.3, -0.25) is 10.1 Å². The molecule has 0 radical (unpaired) electrons. The molecule has 1 N–H and O–H groups in total. The summed E-state index contributed by atoms with van der Waals surface area (Å²) in [5.41, 5.74) is 0. The van der Waals surface area contributed by atoms with Gasteiger partial charge in [0.2, 0.25) is 0 Å². The largest absolute Gasteiger partial charge is 0.468 e. The minimum Gasteiger partial charge on any atom is -0.468 e. The van der Waals surface area contributed by atoms with Crippen LogP contribution in [0.25, 0.3) is 0 Å². The number of methoxy groups -OCH3 is 1. The molecule has 0 aromatic carbocycles. The maximum absolute atomic E-state index is 11.1. The summed E-state index contributed by atoms with van der Waals surface area (Å²) in [5.74, 6) is 2.34. The van der Waals surface area contributed by atoms with Crippen LogP contribution in [0.4, 0.5) is 0 Å². The van der Waals surface area contributed by atoms with E-state index in [4.69, 9.17) is 6.42 Å². The van der Waals surface area contributed by atoms with Gasteiger partial charge < -0.3 is 4.74 Å². The van der Waals surface area contributed by atoms with Gasteiger partial charge in [0.25, 0.3) is 0 Å². The monoisotopic (exact) mass is 169 g/mol. The molecular formula is C9H15NO2. The van der Waals surface area contributed by atoms with Crippen molar-refractivity contribution in [3.05, 3.63) is 0 Å². The SMILES string of the molecule is C#CCN[C@H](C(=O)OC)C(C)C. The van der Waals surface area contributed by atoms with E-state index in [9.17, 15) is 4.79 Å². The van der Waals surface area contributed by atoms with Crippen molar-refractivity contribution in [2.24, 2.45) is 5.92 Å². The van der Waals surface area contributed by atoms with E-state index in [2.05, 4.69) is 16.0 Å². The third-order valence-electron chi connectivity index (χ3n) is 1.55. The van der Waals surface area contributed by atoms with E-state index in [0.717, 1.165) is 0 Å². The van der Waals surface area contributed by atoms with Crippen LogP contribution < -0.4 is 5.32 Å². The first kappa shape index (κ1) is 11.0. The zero-order valence-corrected chi connectivity index (χ0v) is 7.76. The van der Waals surface area contributed by atoms with Gasteiger partial charge in [0, 0.05) is 0 Å². The molecule has 0 saturated heterocycles. The van der Waals surface area contributed by atoms with Gasteiger partial charge in [-0.05, 0) is 5.92 Å². The molecule has 1 atom stereocenters. The molecule has 0 aromatic rings. The fourth-order valence-corrected chi connectivity index (χ4v) is 0.887. The van der Waals surface area contributed by atoms with Crippen molar-refractivity contribution >= 4 is 5.97 Å². The molecule has 0 aromatic heterocycles. The van der Waals surface area contributed by atoms with Crippen LogP contribution in [0.2, 0.25) is 0 Å². The topological polar surface area (TPSA) is 38.3 Å². The van der Waals surface area contributed by atoms with Crippen molar-refractivity contribution in [1.29, 1.82) is 0 Å². The standard InChI is InChI=1S/C9H15NO2/c1-5-6-10-8(7(2)3)9(11)12-4/h1,7-8,10H,6H2,2-4H3/t8-/m0/s1. The van der Waals surface area contributed by atoms with Crippen molar-refractivity contribution in [3.8, 4) is 12.3 Å². The highest BCUT2D eigenvalue weighted by atomic mass is 16.5. The quantitative estimate of drug-likeness (QED) is 0.489. The van der Waals surface area contributed by atoms with E-state index in [-0.39, 0.29) is 17.9 Å². The summed E-state index contributed by atoms with van der Waals surface area (Å²) in [6, 6.07) is -0.300. The van der Waals surface area contributed by atoms with E-state index in [0.29, 0.717) is 6.54 Å². The van der Waals surface area contributed by atoms with Crippen LogP contribution >= 0.6 is 0 Å². The Morgan fingerprint density at radius 3 is 2.58 bits per heavy atom. The molecule has 0 amide bonds. The first-order valence-electron chi connectivity index (χ1n) is 3.88. The van der Waals surface area contributed by atoms with E-state index in [1.54, 1.807) is 0 Å². The molecule has 0 heterocycles. The molecule has 0 bridgehead atoms. The van der Waals surface area contributed by atoms with Gasteiger partial charge >= 0.3 is 5.97 Å². The van der Waals surface area contributed by atoms with E-state index >= 15 is 0 Å². The average Bonchev–Trinajstić information content (AvgIpc) is 2.04. The lowest BCUT2D eigenvalue weighted by Crippen LogP contribution is -2.41. The highest BCUT2D eigenvalue weighted by molar-refractivity contribution is 5.75. The van der Waals surface area contributed by atoms with E-state index < -0.39 is 0 Å². The Kier molecular flexibility index (Phi) is 5.14. The van der Waals surface area contributed by atoms with E-state index in [1.807, 2.05) is 13.8 Å². The fourth-order valence-electron chi connectivity index (χ4n) is 0.887. The molecule has 3 nitrogen and oxygen atoms in total. The third kappa shape index (κ3) is 3.40. The molecule has 0 aliphatic heterocycles. The van der Waals surface area contributed by atoms with Gasteiger partial charge in [-0.25, -0.2) is 0 Å². The molecule has 0 aliphatic rings. The molecule has 12 heavy (non-hydrogen) atoms. The predicted molar refractivity (Wildman–Crippen MR) is 47.5 cm³/mol. The van der Waals surface area contributed by atoms with Gasteiger partial charge in [-0.1, -0.05) is 19.8 Å². The fraction of sp³-hybridized carbons (Fsp3) is 0.667. The molecule has 0 rings (SSSR count). The van der Waals surface area contributed by atoms with Crippen LogP contribution in [0.15, 0.2) is 0 Å². The molecular weight excluding hydrogens is 154 g/mol. The zero-order chi connectivity index (χ0) is 9.56. The van der Waals surface area contributed by atoms with Crippen molar-refractivity contribution in [2.75, 3.05) is 13.7 Å². The highest BCUT2D eigenvalue weighted by Gasteiger charge is 2.21. The number of hydrogen-bond donors (Lipinski definition) is 1. The van der Waals surface area contributed by atoms with Crippen LogP contribution in [-0.2, 0) is 9.53 Å². The summed E-state index contributed by atoms with van der Waals surface area (Å²) in [6.07, 6.45) is 5.05. The van der Waals surface area contributed by atoms with Crippen LogP contribution in [0.3, 0.4) is 0 Å². The summed E-state index contributed by atoms with van der Waals surface area (Å²) in [7, 11) is 1.37. The maximum Gasteiger partial charge on any atom is 0.323 e. The number of rotatable bonds is 4. The van der Waals surface area contributed by atoms with Crippen molar-refractivity contribution in [3.63, 3.8) is 0 Å². The normalized spacial score (nSPS) is 12.2. The number of hydrogen-bond acceptors (Lipinski definition) is 3. The first-order valence-corrected chi connectivity index (χ1v) is 3.88. The summed E-state index contributed by atoms with van der Waals surface area (Å²) in [6.45, 7) is 4.26. The second kappa shape index (κ2) is 5.62.